The fourth-order valence-electron chi connectivity index (χ4n) is 3.59. The molecule has 2 atom stereocenters. The molecule has 0 spiro atoms. The maximum atomic E-state index is 12.1. The zero-order valence-corrected chi connectivity index (χ0v) is 14.8. The third kappa shape index (κ3) is 3.53. The summed E-state index contributed by atoms with van der Waals surface area (Å²) < 4.78 is 5.40. The molecule has 0 unspecified atom stereocenters. The number of nitrogens with zero attached hydrogens (tertiary/aromatic N) is 2. The summed E-state index contributed by atoms with van der Waals surface area (Å²) in [5.41, 5.74) is 0. The van der Waals surface area contributed by atoms with E-state index in [-0.39, 0.29) is 12.3 Å². The van der Waals surface area contributed by atoms with Crippen molar-refractivity contribution in [3.63, 3.8) is 0 Å². The average Bonchev–Trinajstić information content (AvgIpc) is 3.03. The Labute approximate surface area is 145 Å². The summed E-state index contributed by atoms with van der Waals surface area (Å²) in [6.45, 7) is 2.13. The molecule has 4 rings (SSSR count). The molecule has 2 saturated carbocycles. The van der Waals surface area contributed by atoms with Crippen molar-refractivity contribution in [3.05, 3.63) is 33.6 Å². The van der Waals surface area contributed by atoms with Gasteiger partial charge in [0.05, 0.1) is 6.42 Å². The Morgan fingerprint density at radius 3 is 2.88 bits per heavy atom. The van der Waals surface area contributed by atoms with Gasteiger partial charge in [0.1, 0.15) is 0 Å². The van der Waals surface area contributed by atoms with Crippen LogP contribution in [0.25, 0.3) is 0 Å². The summed E-state index contributed by atoms with van der Waals surface area (Å²) >= 11 is 1.84. The number of nitrogens with one attached hydrogen (secondary N) is 1. The fourth-order valence-corrected chi connectivity index (χ4v) is 4.65. The molecule has 0 aromatic carbocycles. The minimum Gasteiger partial charge on any atom is -0.353 e. The van der Waals surface area contributed by atoms with E-state index in [1.165, 1.54) is 29.0 Å². The molecule has 0 bridgehead atoms. The van der Waals surface area contributed by atoms with Gasteiger partial charge in [-0.05, 0) is 38.3 Å². The van der Waals surface area contributed by atoms with Crippen LogP contribution in [0, 0.1) is 6.92 Å². The summed E-state index contributed by atoms with van der Waals surface area (Å²) in [5, 5.41) is 7.10. The molecule has 128 valence electrons. The van der Waals surface area contributed by atoms with Gasteiger partial charge in [-0.25, -0.2) is 0 Å². The number of hydrogen-bond acceptors (Lipinski definition) is 5. The summed E-state index contributed by atoms with van der Waals surface area (Å²) in [5.74, 6) is 2.03. The van der Waals surface area contributed by atoms with Crippen LogP contribution in [-0.4, -0.2) is 22.1 Å². The van der Waals surface area contributed by atoms with Crippen molar-refractivity contribution < 1.29 is 9.32 Å². The molecular formula is C18H23N3O2S. The Bertz CT molecular complexity index is 717. The number of aryl methyl sites for hydroxylation is 1. The van der Waals surface area contributed by atoms with E-state index in [9.17, 15) is 4.79 Å². The maximum Gasteiger partial charge on any atom is 0.230 e. The Kier molecular flexibility index (Phi) is 4.39. The highest BCUT2D eigenvalue weighted by molar-refractivity contribution is 7.12. The standard InChI is InChI=1S/C18H23N3O2S/c1-11-7-8-15(24-11)13-9-14(13)18-20-16(21-23-18)10-17(22)19-12-5-3-2-4-6-12/h7-8,12-14H,2-6,9-10H2,1H3,(H,19,22)/t13-,14+/m1/s1. The monoisotopic (exact) mass is 345 g/mol. The van der Waals surface area contributed by atoms with Gasteiger partial charge in [-0.1, -0.05) is 24.4 Å². The van der Waals surface area contributed by atoms with Gasteiger partial charge in [-0.2, -0.15) is 4.98 Å². The first kappa shape index (κ1) is 15.8. The topological polar surface area (TPSA) is 68.0 Å². The second-order valence-electron chi connectivity index (χ2n) is 7.03. The van der Waals surface area contributed by atoms with Gasteiger partial charge >= 0.3 is 0 Å². The third-order valence-electron chi connectivity index (χ3n) is 5.01. The predicted molar refractivity (Wildman–Crippen MR) is 92.2 cm³/mol. The summed E-state index contributed by atoms with van der Waals surface area (Å²) in [4.78, 5) is 19.3. The highest BCUT2D eigenvalue weighted by Crippen LogP contribution is 2.55. The van der Waals surface area contributed by atoms with Crippen LogP contribution in [-0.2, 0) is 11.2 Å². The average molecular weight is 345 g/mol. The van der Waals surface area contributed by atoms with E-state index >= 15 is 0 Å². The van der Waals surface area contributed by atoms with Gasteiger partial charge in [-0.15, -0.1) is 11.3 Å². The van der Waals surface area contributed by atoms with Crippen molar-refractivity contribution in [1.82, 2.24) is 15.5 Å². The van der Waals surface area contributed by atoms with E-state index in [0.717, 1.165) is 19.3 Å². The van der Waals surface area contributed by atoms with Gasteiger partial charge < -0.3 is 9.84 Å². The van der Waals surface area contributed by atoms with Gasteiger partial charge in [0.2, 0.25) is 11.8 Å². The number of carbonyl (C=O) groups is 1. The van der Waals surface area contributed by atoms with Crippen molar-refractivity contribution in [1.29, 1.82) is 0 Å². The molecule has 2 aliphatic carbocycles. The lowest BCUT2D eigenvalue weighted by molar-refractivity contribution is -0.121. The van der Waals surface area contributed by atoms with Crippen molar-refractivity contribution in [2.75, 3.05) is 0 Å². The number of aromatic nitrogens is 2. The molecule has 1 N–H and O–H groups in total. The first-order valence-electron chi connectivity index (χ1n) is 8.87. The first-order valence-corrected chi connectivity index (χ1v) is 9.69. The Morgan fingerprint density at radius 2 is 2.12 bits per heavy atom. The highest BCUT2D eigenvalue weighted by atomic mass is 32.1. The third-order valence-corrected chi connectivity index (χ3v) is 6.14. The molecule has 2 aromatic heterocycles. The largest absolute Gasteiger partial charge is 0.353 e. The van der Waals surface area contributed by atoms with Gasteiger partial charge in [0.25, 0.3) is 0 Å². The van der Waals surface area contributed by atoms with Crippen LogP contribution in [0.3, 0.4) is 0 Å². The Morgan fingerprint density at radius 1 is 1.29 bits per heavy atom. The van der Waals surface area contributed by atoms with E-state index in [4.69, 9.17) is 4.52 Å². The Balaban J connectivity index is 1.31. The van der Waals surface area contributed by atoms with Crippen LogP contribution in [0.1, 0.15) is 71.8 Å². The number of hydrogen-bond donors (Lipinski definition) is 1. The summed E-state index contributed by atoms with van der Waals surface area (Å²) in [6, 6.07) is 4.68. The maximum absolute atomic E-state index is 12.1. The van der Waals surface area contributed by atoms with Crippen LogP contribution in [0.5, 0.6) is 0 Å². The Hall–Kier alpha value is -1.69. The van der Waals surface area contributed by atoms with Crippen LogP contribution in [0.2, 0.25) is 0 Å². The SMILES string of the molecule is Cc1ccc([C@@H]2C[C@@H]2c2nc(CC(=O)NC3CCCCC3)no2)s1. The number of rotatable bonds is 5. The summed E-state index contributed by atoms with van der Waals surface area (Å²) in [6.07, 6.45) is 7.17. The lowest BCUT2D eigenvalue weighted by Crippen LogP contribution is -2.37. The molecule has 2 aromatic rings. The van der Waals surface area contributed by atoms with Crippen molar-refractivity contribution in [2.24, 2.45) is 0 Å². The van der Waals surface area contributed by atoms with E-state index in [1.807, 2.05) is 11.3 Å². The molecule has 0 aliphatic heterocycles. The second-order valence-corrected chi connectivity index (χ2v) is 8.34. The molecule has 2 fully saturated rings. The zero-order valence-electron chi connectivity index (χ0n) is 14.0. The highest BCUT2D eigenvalue weighted by Gasteiger charge is 2.44. The van der Waals surface area contributed by atoms with Crippen LogP contribution >= 0.6 is 11.3 Å². The smallest absolute Gasteiger partial charge is 0.230 e. The van der Waals surface area contributed by atoms with E-state index < -0.39 is 0 Å². The number of amides is 1. The molecule has 0 saturated heterocycles. The van der Waals surface area contributed by atoms with E-state index in [2.05, 4.69) is 34.5 Å². The molecule has 0 radical (unpaired) electrons. The minimum absolute atomic E-state index is 0.00970. The quantitative estimate of drug-likeness (QED) is 0.897. The first-order chi connectivity index (χ1) is 11.7. The summed E-state index contributed by atoms with van der Waals surface area (Å²) in [7, 11) is 0. The molecule has 5 nitrogen and oxygen atoms in total. The molecule has 2 heterocycles. The van der Waals surface area contributed by atoms with Crippen LogP contribution < -0.4 is 5.32 Å². The zero-order chi connectivity index (χ0) is 16.5. The van der Waals surface area contributed by atoms with Crippen molar-refractivity contribution in [3.8, 4) is 0 Å². The van der Waals surface area contributed by atoms with E-state index in [1.54, 1.807) is 0 Å². The fraction of sp³-hybridized carbons (Fsp3) is 0.611. The number of thiophene rings is 1. The van der Waals surface area contributed by atoms with Crippen LogP contribution in [0.4, 0.5) is 0 Å². The van der Waals surface area contributed by atoms with Crippen molar-refractivity contribution >= 4 is 17.2 Å². The van der Waals surface area contributed by atoms with E-state index in [0.29, 0.717) is 29.6 Å². The predicted octanol–water partition coefficient (Wildman–Crippen LogP) is 3.70. The molecule has 2 aliphatic rings. The lowest BCUT2D eigenvalue weighted by atomic mass is 9.95. The van der Waals surface area contributed by atoms with Gasteiger partial charge in [-0.3, -0.25) is 4.79 Å². The van der Waals surface area contributed by atoms with Crippen LogP contribution in [0.15, 0.2) is 16.7 Å². The second kappa shape index (κ2) is 6.67. The minimum atomic E-state index is 0.00970. The molecule has 1 amide bonds. The lowest BCUT2D eigenvalue weighted by Gasteiger charge is -2.22. The molecule has 24 heavy (non-hydrogen) atoms. The molecular weight excluding hydrogens is 322 g/mol. The van der Waals surface area contributed by atoms with Gasteiger partial charge in [0, 0.05) is 27.6 Å². The number of carbonyl (C=O) groups excluding carboxylic acids is 1. The molecule has 6 heteroatoms. The van der Waals surface area contributed by atoms with Gasteiger partial charge in [0.15, 0.2) is 5.82 Å². The normalized spacial score (nSPS) is 24.0. The van der Waals surface area contributed by atoms with Crippen molar-refractivity contribution in [2.45, 2.75) is 69.7 Å².